The van der Waals surface area contributed by atoms with Crippen molar-refractivity contribution in [1.29, 1.82) is 0 Å². The van der Waals surface area contributed by atoms with Gasteiger partial charge in [0.05, 0.1) is 34.1 Å². The number of nitrogens with two attached hydrogens (primary N) is 1. The maximum Gasteiger partial charge on any atom is 0.250 e. The monoisotopic (exact) mass is 536 g/mol. The van der Waals surface area contributed by atoms with Gasteiger partial charge in [-0.2, -0.15) is 0 Å². The number of imidazole rings is 1. The Morgan fingerprint density at radius 1 is 0.902 bits per heavy atom. The number of anilines is 1. The van der Waals surface area contributed by atoms with Crippen LogP contribution in [-0.2, 0) is 13.5 Å². The third kappa shape index (κ3) is 4.37. The molecule has 41 heavy (non-hydrogen) atoms. The van der Waals surface area contributed by atoms with Crippen molar-refractivity contribution in [2.45, 2.75) is 6.42 Å². The molecule has 3 heterocycles. The van der Waals surface area contributed by atoms with Gasteiger partial charge in [0.2, 0.25) is 0 Å². The van der Waals surface area contributed by atoms with E-state index in [1.165, 1.54) is 0 Å². The Hall–Kier alpha value is -5.43. The van der Waals surface area contributed by atoms with Crippen LogP contribution in [0.15, 0.2) is 110 Å². The zero-order chi connectivity index (χ0) is 27.9. The third-order valence-corrected chi connectivity index (χ3v) is 7.58. The van der Waals surface area contributed by atoms with Crippen molar-refractivity contribution in [1.82, 2.24) is 19.1 Å². The maximum absolute atomic E-state index is 12.3. The van der Waals surface area contributed by atoms with Gasteiger partial charge in [-0.25, -0.2) is 4.98 Å². The first kappa shape index (κ1) is 24.6. The number of amides is 1. The molecule has 0 aliphatic carbocycles. The van der Waals surface area contributed by atoms with Gasteiger partial charge in [-0.15, -0.1) is 0 Å². The molecule has 0 atom stereocenters. The lowest BCUT2D eigenvalue weighted by atomic mass is 9.99. The number of carbonyl (C=O) groups is 1. The van der Waals surface area contributed by atoms with Crippen molar-refractivity contribution >= 4 is 44.3 Å². The average Bonchev–Trinajstić information content (AvgIpc) is 3.57. The number of hydrogen-bond acceptors (Lipinski definition) is 4. The molecule has 7 nitrogen and oxygen atoms in total. The molecule has 0 bridgehead atoms. The quantitative estimate of drug-likeness (QED) is 0.244. The van der Waals surface area contributed by atoms with E-state index in [4.69, 9.17) is 10.7 Å². The number of pyridine rings is 1. The van der Waals surface area contributed by atoms with Crippen molar-refractivity contribution in [2.75, 3.05) is 11.9 Å². The second-order valence-electron chi connectivity index (χ2n) is 10.3. The van der Waals surface area contributed by atoms with Crippen molar-refractivity contribution in [3.8, 4) is 16.8 Å². The summed E-state index contributed by atoms with van der Waals surface area (Å²) in [6, 6.07) is 31.0. The van der Waals surface area contributed by atoms with Crippen molar-refractivity contribution < 1.29 is 4.79 Å². The molecule has 0 saturated carbocycles. The number of carbonyl (C=O) groups excluding carboxylic acids is 1. The highest BCUT2D eigenvalue weighted by atomic mass is 16.1. The highest BCUT2D eigenvalue weighted by Crippen LogP contribution is 2.39. The van der Waals surface area contributed by atoms with Crippen LogP contribution in [0.4, 0.5) is 5.69 Å². The summed E-state index contributed by atoms with van der Waals surface area (Å²) in [5.41, 5.74) is 14.2. The van der Waals surface area contributed by atoms with Crippen LogP contribution in [0.1, 0.15) is 16.1 Å². The van der Waals surface area contributed by atoms with E-state index in [9.17, 15) is 4.79 Å². The lowest BCUT2D eigenvalue weighted by Gasteiger charge is -2.14. The second kappa shape index (κ2) is 9.95. The van der Waals surface area contributed by atoms with Gasteiger partial charge < -0.3 is 20.2 Å². The van der Waals surface area contributed by atoms with Gasteiger partial charge in [0.1, 0.15) is 0 Å². The van der Waals surface area contributed by atoms with E-state index in [1.807, 2.05) is 54.3 Å². The molecule has 200 valence electrons. The number of primary amides is 1. The number of fused-ring (bicyclic) bond motifs is 4. The largest absolute Gasteiger partial charge is 0.384 e. The summed E-state index contributed by atoms with van der Waals surface area (Å²) in [4.78, 5) is 21.5. The minimum atomic E-state index is -0.467. The zero-order valence-corrected chi connectivity index (χ0v) is 22.6. The van der Waals surface area contributed by atoms with Gasteiger partial charge in [0.15, 0.2) is 0 Å². The predicted octanol–water partition coefficient (Wildman–Crippen LogP) is 6.49. The average molecular weight is 537 g/mol. The Labute approximate surface area is 236 Å². The molecule has 0 spiro atoms. The molecular formula is C34H28N6O. The topological polar surface area (TPSA) is 90.8 Å². The smallest absolute Gasteiger partial charge is 0.250 e. The first-order valence-electron chi connectivity index (χ1n) is 13.6. The number of hydrogen-bond donors (Lipinski definition) is 2. The number of benzene rings is 4. The summed E-state index contributed by atoms with van der Waals surface area (Å²) >= 11 is 0. The predicted molar refractivity (Wildman–Crippen MR) is 165 cm³/mol. The van der Waals surface area contributed by atoms with E-state index in [2.05, 4.69) is 69.5 Å². The molecule has 0 saturated heterocycles. The fraction of sp³-hybridized carbons (Fsp3) is 0.0882. The summed E-state index contributed by atoms with van der Waals surface area (Å²) in [7, 11) is 1.95. The van der Waals surface area contributed by atoms with Gasteiger partial charge >= 0.3 is 0 Å². The number of aryl methyl sites for hydroxylation is 1. The molecule has 7 heteroatoms. The normalized spacial score (nSPS) is 11.4. The number of aromatic nitrogens is 4. The van der Waals surface area contributed by atoms with Gasteiger partial charge in [-0.05, 0) is 48.0 Å². The molecule has 0 radical (unpaired) electrons. The van der Waals surface area contributed by atoms with E-state index >= 15 is 0 Å². The molecule has 0 unspecified atom stereocenters. The lowest BCUT2D eigenvalue weighted by molar-refractivity contribution is 0.100. The fourth-order valence-electron chi connectivity index (χ4n) is 5.71. The van der Waals surface area contributed by atoms with Crippen LogP contribution in [0.5, 0.6) is 0 Å². The van der Waals surface area contributed by atoms with Crippen LogP contribution in [0.2, 0.25) is 0 Å². The van der Waals surface area contributed by atoms with Crippen LogP contribution in [0.25, 0.3) is 49.5 Å². The molecule has 7 aromatic rings. The Morgan fingerprint density at radius 2 is 1.73 bits per heavy atom. The SMILES string of the molecule is Cn1cnc(CCNc2cc(-n3c4ccccc4c4c(-c5cnc6ccccc6c5)cccc43)ccc2C(N)=O)c1. The Bertz CT molecular complexity index is 2090. The molecule has 4 aromatic carbocycles. The van der Waals surface area contributed by atoms with Crippen molar-refractivity contribution in [3.63, 3.8) is 0 Å². The molecular weight excluding hydrogens is 508 g/mol. The molecule has 0 aliphatic rings. The molecule has 0 aliphatic heterocycles. The van der Waals surface area contributed by atoms with Gasteiger partial charge in [0.25, 0.3) is 5.91 Å². The minimum Gasteiger partial charge on any atom is -0.384 e. The molecule has 1 amide bonds. The number of nitrogens with one attached hydrogen (secondary N) is 1. The highest BCUT2D eigenvalue weighted by Gasteiger charge is 2.18. The Balaban J connectivity index is 1.37. The van der Waals surface area contributed by atoms with Gasteiger partial charge in [-0.3, -0.25) is 9.78 Å². The van der Waals surface area contributed by atoms with E-state index in [-0.39, 0.29) is 0 Å². The summed E-state index contributed by atoms with van der Waals surface area (Å²) in [5.74, 6) is -0.467. The van der Waals surface area contributed by atoms with Crippen LogP contribution in [-0.4, -0.2) is 31.6 Å². The zero-order valence-electron chi connectivity index (χ0n) is 22.6. The summed E-state index contributed by atoms with van der Waals surface area (Å²) < 4.78 is 4.17. The van der Waals surface area contributed by atoms with E-state index in [0.717, 1.165) is 61.6 Å². The molecule has 0 fully saturated rings. The third-order valence-electron chi connectivity index (χ3n) is 7.58. The molecule has 3 N–H and O–H groups in total. The number of nitrogens with zero attached hydrogens (tertiary/aromatic N) is 4. The van der Waals surface area contributed by atoms with Crippen LogP contribution >= 0.6 is 0 Å². The fourth-order valence-corrected chi connectivity index (χ4v) is 5.71. The minimum absolute atomic E-state index is 0.457. The van der Waals surface area contributed by atoms with Crippen LogP contribution < -0.4 is 11.1 Å². The van der Waals surface area contributed by atoms with E-state index < -0.39 is 5.91 Å². The second-order valence-corrected chi connectivity index (χ2v) is 10.3. The van der Waals surface area contributed by atoms with Crippen LogP contribution in [0.3, 0.4) is 0 Å². The van der Waals surface area contributed by atoms with Crippen molar-refractivity contribution in [3.05, 3.63) is 121 Å². The number of rotatable bonds is 7. The van der Waals surface area contributed by atoms with Crippen molar-refractivity contribution in [2.24, 2.45) is 12.8 Å². The Morgan fingerprint density at radius 3 is 2.59 bits per heavy atom. The summed E-state index contributed by atoms with van der Waals surface area (Å²) in [6.45, 7) is 0.618. The van der Waals surface area contributed by atoms with Crippen LogP contribution in [0, 0.1) is 0 Å². The standard InChI is InChI=1S/C34H28N6O/c1-39-20-24(38-21-39)15-16-36-30-18-25(13-14-27(30)34(35)41)40-31-11-5-3-8-28(31)33-26(9-6-12-32(33)40)23-17-22-7-2-4-10-29(22)37-19-23/h2-14,17-21,36H,15-16H2,1H3,(H2,35,41). The van der Waals surface area contributed by atoms with E-state index in [1.54, 1.807) is 12.4 Å². The lowest BCUT2D eigenvalue weighted by Crippen LogP contribution is -2.16. The number of para-hydroxylation sites is 2. The highest BCUT2D eigenvalue weighted by molar-refractivity contribution is 6.16. The van der Waals surface area contributed by atoms with Gasteiger partial charge in [0, 0.05) is 65.5 Å². The maximum atomic E-state index is 12.3. The van der Waals surface area contributed by atoms with E-state index in [0.29, 0.717) is 17.8 Å². The molecule has 3 aromatic heterocycles. The molecule has 7 rings (SSSR count). The first-order valence-corrected chi connectivity index (χ1v) is 13.6. The summed E-state index contributed by atoms with van der Waals surface area (Å²) in [6.07, 6.45) is 6.46. The first-order chi connectivity index (χ1) is 20.1. The summed E-state index contributed by atoms with van der Waals surface area (Å²) in [5, 5.41) is 6.84. The Kier molecular flexibility index (Phi) is 5.97. The van der Waals surface area contributed by atoms with Gasteiger partial charge in [-0.1, -0.05) is 48.5 Å².